The molecule has 1 heterocycles. The van der Waals surface area contributed by atoms with E-state index in [4.69, 9.17) is 26.7 Å². The standard InChI is InChI=1S/C10H11BClF2NO3.ClH/c12-5-1-2-6(17-4-8(13)14)10-9(5)7(3-15)18-11(10)16;/h1-2,7-8,16H,3-4,15H2;1H. The van der Waals surface area contributed by atoms with E-state index in [2.05, 4.69) is 0 Å². The van der Waals surface area contributed by atoms with Gasteiger partial charge in [0, 0.05) is 22.6 Å². The van der Waals surface area contributed by atoms with Crippen molar-refractivity contribution in [3.63, 3.8) is 0 Å². The second-order valence-corrected chi connectivity index (χ2v) is 4.19. The Morgan fingerprint density at radius 2 is 2.21 bits per heavy atom. The van der Waals surface area contributed by atoms with E-state index in [9.17, 15) is 13.8 Å². The number of fused-ring (bicyclic) bond motifs is 1. The van der Waals surface area contributed by atoms with Gasteiger partial charge in [-0.2, -0.15) is 0 Å². The van der Waals surface area contributed by atoms with Gasteiger partial charge in [-0.1, -0.05) is 11.6 Å². The van der Waals surface area contributed by atoms with Crippen LogP contribution in [0.4, 0.5) is 8.78 Å². The topological polar surface area (TPSA) is 64.7 Å². The van der Waals surface area contributed by atoms with Gasteiger partial charge in [-0.15, -0.1) is 12.4 Å². The molecule has 3 N–H and O–H groups in total. The molecule has 1 aliphatic rings. The molecule has 0 saturated carbocycles. The van der Waals surface area contributed by atoms with Crippen LogP contribution in [0.3, 0.4) is 0 Å². The number of benzene rings is 1. The van der Waals surface area contributed by atoms with Gasteiger partial charge in [0.05, 0.1) is 6.10 Å². The van der Waals surface area contributed by atoms with Crippen LogP contribution in [-0.2, 0) is 4.65 Å². The number of hydrogen-bond acceptors (Lipinski definition) is 4. The molecular weight excluding hydrogens is 302 g/mol. The molecule has 1 atom stereocenters. The van der Waals surface area contributed by atoms with Crippen LogP contribution in [0.15, 0.2) is 12.1 Å². The molecule has 106 valence electrons. The van der Waals surface area contributed by atoms with E-state index < -0.39 is 26.3 Å². The van der Waals surface area contributed by atoms with Crippen LogP contribution in [0.5, 0.6) is 5.75 Å². The van der Waals surface area contributed by atoms with Gasteiger partial charge in [0.1, 0.15) is 12.4 Å². The quantitative estimate of drug-likeness (QED) is 0.818. The zero-order chi connectivity index (χ0) is 13.3. The number of alkyl halides is 2. The molecule has 0 aromatic heterocycles. The Morgan fingerprint density at radius 1 is 1.53 bits per heavy atom. The average Bonchev–Trinajstić information content (AvgIpc) is 2.67. The molecule has 1 aromatic rings. The van der Waals surface area contributed by atoms with E-state index in [0.717, 1.165) is 0 Å². The van der Waals surface area contributed by atoms with Crippen molar-refractivity contribution < 1.29 is 23.2 Å². The van der Waals surface area contributed by atoms with Crippen LogP contribution in [0.25, 0.3) is 0 Å². The summed E-state index contributed by atoms with van der Waals surface area (Å²) in [5.41, 5.74) is 6.27. The Balaban J connectivity index is 0.00000180. The van der Waals surface area contributed by atoms with Gasteiger partial charge < -0.3 is 20.1 Å². The molecule has 0 spiro atoms. The van der Waals surface area contributed by atoms with Crippen molar-refractivity contribution in [1.29, 1.82) is 0 Å². The normalized spacial score (nSPS) is 17.4. The van der Waals surface area contributed by atoms with Gasteiger partial charge in [0.25, 0.3) is 6.43 Å². The molecular formula is C10H12BCl2F2NO3. The SMILES string of the molecule is Cl.NCC1OB(O)c2c(OCC(F)F)ccc(Cl)c21. The van der Waals surface area contributed by atoms with E-state index >= 15 is 0 Å². The summed E-state index contributed by atoms with van der Waals surface area (Å²) in [6.45, 7) is -0.629. The molecule has 4 nitrogen and oxygen atoms in total. The first-order valence-electron chi connectivity index (χ1n) is 5.31. The van der Waals surface area contributed by atoms with Crippen molar-refractivity contribution >= 4 is 36.6 Å². The van der Waals surface area contributed by atoms with E-state index in [-0.39, 0.29) is 30.2 Å². The van der Waals surface area contributed by atoms with Crippen molar-refractivity contribution in [2.45, 2.75) is 12.5 Å². The Morgan fingerprint density at radius 3 is 2.79 bits per heavy atom. The lowest BCUT2D eigenvalue weighted by molar-refractivity contribution is 0.0823. The summed E-state index contributed by atoms with van der Waals surface area (Å²) in [6.07, 6.45) is -3.15. The number of rotatable bonds is 4. The van der Waals surface area contributed by atoms with Crippen molar-refractivity contribution in [3.8, 4) is 5.75 Å². The highest BCUT2D eigenvalue weighted by atomic mass is 35.5. The van der Waals surface area contributed by atoms with E-state index in [1.807, 2.05) is 0 Å². The van der Waals surface area contributed by atoms with Gasteiger partial charge in [0.15, 0.2) is 0 Å². The van der Waals surface area contributed by atoms with Crippen LogP contribution in [0, 0.1) is 0 Å². The molecule has 1 aromatic carbocycles. The van der Waals surface area contributed by atoms with Crippen LogP contribution in [0.1, 0.15) is 11.7 Å². The summed E-state index contributed by atoms with van der Waals surface area (Å²) < 4.78 is 34.4. The lowest BCUT2D eigenvalue weighted by Gasteiger charge is -2.13. The minimum absolute atomic E-state index is 0. The van der Waals surface area contributed by atoms with E-state index in [1.54, 1.807) is 0 Å². The van der Waals surface area contributed by atoms with E-state index in [0.29, 0.717) is 10.6 Å². The molecule has 2 rings (SSSR count). The van der Waals surface area contributed by atoms with Crippen molar-refractivity contribution in [2.24, 2.45) is 5.73 Å². The van der Waals surface area contributed by atoms with Crippen LogP contribution >= 0.6 is 24.0 Å². The van der Waals surface area contributed by atoms with Gasteiger partial charge in [-0.3, -0.25) is 0 Å². The Kier molecular flexibility index (Phi) is 5.82. The smallest absolute Gasteiger partial charge is 0.488 e. The molecule has 1 aliphatic heterocycles. The monoisotopic (exact) mass is 313 g/mol. The number of hydrogen-bond donors (Lipinski definition) is 2. The first-order valence-corrected chi connectivity index (χ1v) is 5.69. The molecule has 19 heavy (non-hydrogen) atoms. The van der Waals surface area contributed by atoms with Gasteiger partial charge in [-0.05, 0) is 12.1 Å². The third-order valence-corrected chi connectivity index (χ3v) is 2.96. The number of halogens is 4. The highest BCUT2D eigenvalue weighted by molar-refractivity contribution is 6.63. The molecule has 9 heteroatoms. The molecule has 0 bridgehead atoms. The predicted octanol–water partition coefficient (Wildman–Crippen LogP) is 1.12. The molecule has 0 amide bonds. The second-order valence-electron chi connectivity index (χ2n) is 3.79. The summed E-state index contributed by atoms with van der Waals surface area (Å²) in [5.74, 6) is 0.137. The molecule has 0 radical (unpaired) electrons. The molecule has 0 saturated heterocycles. The van der Waals surface area contributed by atoms with Gasteiger partial charge in [0.2, 0.25) is 0 Å². The third-order valence-electron chi connectivity index (χ3n) is 2.63. The third kappa shape index (κ3) is 3.30. The Bertz CT molecular complexity index is 453. The minimum atomic E-state index is -2.60. The molecule has 0 aliphatic carbocycles. The second kappa shape index (κ2) is 6.72. The first kappa shape index (κ1) is 16.5. The summed E-state index contributed by atoms with van der Waals surface area (Å²) in [4.78, 5) is 0. The maximum atomic E-state index is 12.1. The molecule has 0 fully saturated rings. The maximum absolute atomic E-state index is 12.1. The zero-order valence-electron chi connectivity index (χ0n) is 9.68. The van der Waals surface area contributed by atoms with Crippen LogP contribution < -0.4 is 15.9 Å². The van der Waals surface area contributed by atoms with Gasteiger partial charge in [-0.25, -0.2) is 8.78 Å². The van der Waals surface area contributed by atoms with Gasteiger partial charge >= 0.3 is 7.12 Å². The van der Waals surface area contributed by atoms with Crippen molar-refractivity contribution in [1.82, 2.24) is 0 Å². The number of ether oxygens (including phenoxy) is 1. The predicted molar refractivity (Wildman–Crippen MR) is 70.7 cm³/mol. The van der Waals surface area contributed by atoms with Crippen molar-refractivity contribution in [3.05, 3.63) is 22.7 Å². The largest absolute Gasteiger partial charge is 0.495 e. The highest BCUT2D eigenvalue weighted by Crippen LogP contribution is 2.32. The lowest BCUT2D eigenvalue weighted by atomic mass is 9.78. The minimum Gasteiger partial charge on any atom is -0.488 e. The maximum Gasteiger partial charge on any atom is 0.495 e. The lowest BCUT2D eigenvalue weighted by Crippen LogP contribution is -2.30. The average molecular weight is 314 g/mol. The fourth-order valence-electron chi connectivity index (χ4n) is 1.92. The van der Waals surface area contributed by atoms with E-state index in [1.165, 1.54) is 12.1 Å². The molecule has 1 unspecified atom stereocenters. The first-order chi connectivity index (χ1) is 8.54. The fourth-order valence-corrected chi connectivity index (χ4v) is 2.20. The van der Waals surface area contributed by atoms with Crippen LogP contribution in [0.2, 0.25) is 5.02 Å². The Labute approximate surface area is 120 Å². The summed E-state index contributed by atoms with van der Waals surface area (Å²) >= 11 is 5.99. The zero-order valence-corrected chi connectivity index (χ0v) is 11.3. The number of nitrogens with two attached hydrogens (primary N) is 1. The summed E-state index contributed by atoms with van der Waals surface area (Å²) in [6, 6.07) is 2.93. The highest BCUT2D eigenvalue weighted by Gasteiger charge is 2.39. The van der Waals surface area contributed by atoms with Crippen LogP contribution in [-0.4, -0.2) is 31.7 Å². The fraction of sp³-hybridized carbons (Fsp3) is 0.400. The van der Waals surface area contributed by atoms with Crippen molar-refractivity contribution in [2.75, 3.05) is 13.2 Å². The Hall–Kier alpha value is -0.595. The summed E-state index contributed by atoms with van der Waals surface area (Å²) in [7, 11) is -1.26. The summed E-state index contributed by atoms with van der Waals surface area (Å²) in [5, 5.41) is 10.1.